The summed E-state index contributed by atoms with van der Waals surface area (Å²) in [6.07, 6.45) is -5.05. The molecule has 0 bridgehead atoms. The van der Waals surface area contributed by atoms with E-state index in [2.05, 4.69) is 20.7 Å². The van der Waals surface area contributed by atoms with Crippen molar-refractivity contribution < 1.29 is 37.1 Å². The molecule has 1 aromatic rings. The van der Waals surface area contributed by atoms with Crippen molar-refractivity contribution >= 4 is 39.6 Å². The van der Waals surface area contributed by atoms with Crippen LogP contribution in [0.15, 0.2) is 28.7 Å². The molecule has 1 aromatic carbocycles. The van der Waals surface area contributed by atoms with E-state index in [9.17, 15) is 32.3 Å². The SMILES string of the molecule is O=C(COC(=O)CCC(=O)c1ccc(Br)cc1)NC(=O)NCC(F)(F)F. The number of imide groups is 1. The van der Waals surface area contributed by atoms with Crippen LogP contribution < -0.4 is 10.6 Å². The fraction of sp³-hybridized carbons (Fsp3) is 0.333. The number of amides is 3. The number of carbonyl (C=O) groups excluding carboxylic acids is 4. The van der Waals surface area contributed by atoms with Crippen LogP contribution in [0.2, 0.25) is 0 Å². The fourth-order valence-electron chi connectivity index (χ4n) is 1.60. The van der Waals surface area contributed by atoms with Gasteiger partial charge in [0.05, 0.1) is 6.42 Å². The van der Waals surface area contributed by atoms with Crippen LogP contribution in [0.3, 0.4) is 0 Å². The van der Waals surface area contributed by atoms with Gasteiger partial charge in [-0.2, -0.15) is 13.2 Å². The number of hydrogen-bond donors (Lipinski definition) is 2. The molecule has 7 nitrogen and oxygen atoms in total. The van der Waals surface area contributed by atoms with Gasteiger partial charge in [0.1, 0.15) is 6.54 Å². The Morgan fingerprint density at radius 2 is 1.65 bits per heavy atom. The van der Waals surface area contributed by atoms with E-state index < -0.39 is 37.2 Å². The second-order valence-electron chi connectivity index (χ2n) is 4.94. The molecule has 142 valence electrons. The zero-order chi connectivity index (χ0) is 19.7. The zero-order valence-corrected chi connectivity index (χ0v) is 14.8. The van der Waals surface area contributed by atoms with Crippen molar-refractivity contribution in [2.45, 2.75) is 19.0 Å². The van der Waals surface area contributed by atoms with Gasteiger partial charge < -0.3 is 10.1 Å². The number of ketones is 1. The molecule has 0 heterocycles. The topological polar surface area (TPSA) is 102 Å². The predicted molar refractivity (Wildman–Crippen MR) is 86.3 cm³/mol. The van der Waals surface area contributed by atoms with Gasteiger partial charge in [0, 0.05) is 16.5 Å². The number of urea groups is 1. The monoisotopic (exact) mass is 438 g/mol. The molecule has 0 radical (unpaired) electrons. The number of Topliss-reactive ketones (excluding diaryl/α,β-unsaturated/α-hetero) is 1. The Kier molecular flexibility index (Phi) is 8.23. The summed E-state index contributed by atoms with van der Waals surface area (Å²) in [5.41, 5.74) is 0.403. The number of halogens is 4. The van der Waals surface area contributed by atoms with Crippen LogP contribution in [0.25, 0.3) is 0 Å². The molecule has 1 rings (SSSR count). The number of hydrogen-bond acceptors (Lipinski definition) is 5. The molecule has 0 atom stereocenters. The predicted octanol–water partition coefficient (Wildman–Crippen LogP) is 2.34. The average molecular weight is 439 g/mol. The van der Waals surface area contributed by atoms with Gasteiger partial charge in [0.25, 0.3) is 5.91 Å². The molecule has 0 aliphatic rings. The first-order chi connectivity index (χ1) is 12.1. The van der Waals surface area contributed by atoms with E-state index in [-0.39, 0.29) is 18.6 Å². The van der Waals surface area contributed by atoms with Crippen molar-refractivity contribution in [2.24, 2.45) is 0 Å². The third kappa shape index (κ3) is 9.16. The van der Waals surface area contributed by atoms with Crippen LogP contribution >= 0.6 is 15.9 Å². The van der Waals surface area contributed by atoms with Crippen molar-refractivity contribution in [1.82, 2.24) is 10.6 Å². The molecule has 26 heavy (non-hydrogen) atoms. The molecule has 11 heteroatoms. The van der Waals surface area contributed by atoms with Gasteiger partial charge in [0.2, 0.25) is 0 Å². The summed E-state index contributed by atoms with van der Waals surface area (Å²) in [5, 5.41) is 2.99. The standard InChI is InChI=1S/C15H14BrF3N2O5/c16-10-3-1-9(2-4-10)11(22)5-6-13(24)26-7-12(23)21-14(25)20-8-15(17,18)19/h1-4H,5-8H2,(H2,20,21,23,25). The molecular weight excluding hydrogens is 425 g/mol. The Labute approximate surface area is 154 Å². The van der Waals surface area contributed by atoms with Crippen LogP contribution in [-0.2, 0) is 14.3 Å². The zero-order valence-electron chi connectivity index (χ0n) is 13.2. The van der Waals surface area contributed by atoms with E-state index in [1.165, 1.54) is 5.32 Å². The number of rotatable bonds is 7. The Bertz CT molecular complexity index is 677. The lowest BCUT2D eigenvalue weighted by Crippen LogP contribution is -2.44. The lowest BCUT2D eigenvalue weighted by molar-refractivity contribution is -0.148. The van der Waals surface area contributed by atoms with Gasteiger partial charge in [-0.3, -0.25) is 19.7 Å². The maximum Gasteiger partial charge on any atom is 0.405 e. The minimum atomic E-state index is -4.62. The third-order valence-electron chi connectivity index (χ3n) is 2.79. The number of benzene rings is 1. The van der Waals surface area contributed by atoms with Crippen molar-refractivity contribution in [3.05, 3.63) is 34.3 Å². The van der Waals surface area contributed by atoms with Crippen molar-refractivity contribution in [3.8, 4) is 0 Å². The van der Waals surface area contributed by atoms with Gasteiger partial charge in [-0.1, -0.05) is 28.1 Å². The van der Waals surface area contributed by atoms with Crippen molar-refractivity contribution in [3.63, 3.8) is 0 Å². The third-order valence-corrected chi connectivity index (χ3v) is 3.32. The van der Waals surface area contributed by atoms with E-state index in [1.54, 1.807) is 29.6 Å². The molecule has 0 saturated heterocycles. The van der Waals surface area contributed by atoms with Crippen LogP contribution in [0.1, 0.15) is 23.2 Å². The molecule has 0 unspecified atom stereocenters. The number of alkyl halides is 3. The first-order valence-corrected chi connectivity index (χ1v) is 7.95. The molecule has 0 saturated carbocycles. The fourth-order valence-corrected chi connectivity index (χ4v) is 1.87. The lowest BCUT2D eigenvalue weighted by Gasteiger charge is -2.09. The van der Waals surface area contributed by atoms with Gasteiger partial charge in [-0.05, 0) is 12.1 Å². The molecule has 2 N–H and O–H groups in total. The summed E-state index contributed by atoms with van der Waals surface area (Å²) in [6, 6.07) is 5.11. The maximum absolute atomic E-state index is 11.9. The van der Waals surface area contributed by atoms with Crippen LogP contribution in [-0.4, -0.2) is 43.0 Å². The van der Waals surface area contributed by atoms with Gasteiger partial charge in [-0.15, -0.1) is 0 Å². The number of esters is 1. The first-order valence-electron chi connectivity index (χ1n) is 7.15. The van der Waals surface area contributed by atoms with E-state index in [0.29, 0.717) is 5.56 Å². The van der Waals surface area contributed by atoms with E-state index in [0.717, 1.165) is 4.47 Å². The summed E-state index contributed by atoms with van der Waals surface area (Å²) in [6.45, 7) is -2.46. The van der Waals surface area contributed by atoms with E-state index in [4.69, 9.17) is 0 Å². The Hall–Kier alpha value is -2.43. The Morgan fingerprint density at radius 1 is 1.04 bits per heavy atom. The minimum Gasteiger partial charge on any atom is -0.456 e. The summed E-state index contributed by atoms with van der Waals surface area (Å²) in [7, 11) is 0. The summed E-state index contributed by atoms with van der Waals surface area (Å²) in [4.78, 5) is 45.6. The maximum atomic E-state index is 11.9. The van der Waals surface area contributed by atoms with E-state index in [1.807, 2.05) is 0 Å². The first kappa shape index (κ1) is 21.6. The number of ether oxygens (including phenoxy) is 1. The molecule has 0 aliphatic carbocycles. The Balaban J connectivity index is 2.26. The highest BCUT2D eigenvalue weighted by Crippen LogP contribution is 2.13. The van der Waals surface area contributed by atoms with Gasteiger partial charge in [-0.25, -0.2) is 4.79 Å². The largest absolute Gasteiger partial charge is 0.456 e. The molecule has 0 aromatic heterocycles. The quantitative estimate of drug-likeness (QED) is 0.502. The second kappa shape index (κ2) is 9.90. The Morgan fingerprint density at radius 3 is 2.23 bits per heavy atom. The molecular formula is C15H14BrF3N2O5. The molecule has 0 aliphatic heterocycles. The smallest absolute Gasteiger partial charge is 0.405 e. The number of carbonyl (C=O) groups is 4. The van der Waals surface area contributed by atoms with Crippen LogP contribution in [0.5, 0.6) is 0 Å². The van der Waals surface area contributed by atoms with Crippen molar-refractivity contribution in [1.29, 1.82) is 0 Å². The molecule has 0 spiro atoms. The highest BCUT2D eigenvalue weighted by atomic mass is 79.9. The van der Waals surface area contributed by atoms with E-state index >= 15 is 0 Å². The van der Waals surface area contributed by atoms with Crippen LogP contribution in [0, 0.1) is 0 Å². The summed E-state index contributed by atoms with van der Waals surface area (Å²) < 4.78 is 41.0. The normalized spacial score (nSPS) is 10.8. The van der Waals surface area contributed by atoms with Crippen LogP contribution in [0.4, 0.5) is 18.0 Å². The minimum absolute atomic E-state index is 0.145. The summed E-state index contributed by atoms with van der Waals surface area (Å²) >= 11 is 3.22. The van der Waals surface area contributed by atoms with Gasteiger partial charge in [0.15, 0.2) is 12.4 Å². The number of nitrogens with one attached hydrogen (secondary N) is 2. The molecule has 0 fully saturated rings. The van der Waals surface area contributed by atoms with Crippen molar-refractivity contribution in [2.75, 3.05) is 13.2 Å². The average Bonchev–Trinajstić information content (AvgIpc) is 2.56. The highest BCUT2D eigenvalue weighted by Gasteiger charge is 2.28. The van der Waals surface area contributed by atoms with Gasteiger partial charge >= 0.3 is 18.2 Å². The summed E-state index contributed by atoms with van der Waals surface area (Å²) in [5.74, 6) is -2.26. The highest BCUT2D eigenvalue weighted by molar-refractivity contribution is 9.10. The lowest BCUT2D eigenvalue weighted by atomic mass is 10.1. The second-order valence-corrected chi connectivity index (χ2v) is 5.85. The molecule has 3 amide bonds.